The Morgan fingerprint density at radius 3 is 1.59 bits per heavy atom. The van der Waals surface area contributed by atoms with E-state index < -0.39 is 31.9 Å². The monoisotopic (exact) mass is 478 g/mol. The molecule has 14 heteroatoms. The van der Waals surface area contributed by atoms with Gasteiger partial charge in [0, 0.05) is 18.4 Å². The number of carbonyl (C=O) groups is 2. The highest BCUT2D eigenvalue weighted by atomic mass is 32.2. The molecule has 32 heavy (non-hydrogen) atoms. The number of anilines is 2. The molecule has 6 N–H and O–H groups in total. The summed E-state index contributed by atoms with van der Waals surface area (Å²) in [6, 6.07) is 10.3. The average molecular weight is 479 g/mol. The number of sulfonamides is 2. The smallest absolute Gasteiger partial charge is 0.274 e. The second-order valence-corrected chi connectivity index (χ2v) is 9.70. The fourth-order valence-corrected chi connectivity index (χ4v) is 3.75. The summed E-state index contributed by atoms with van der Waals surface area (Å²) in [5.41, 5.74) is 0.450. The minimum atomic E-state index is -3.88. The van der Waals surface area contributed by atoms with E-state index in [9.17, 15) is 26.4 Å². The molecule has 1 heterocycles. The number of hydrogen-bond donors (Lipinski definition) is 4. The van der Waals surface area contributed by atoms with Crippen LogP contribution >= 0.6 is 0 Å². The highest BCUT2D eigenvalue weighted by Gasteiger charge is 2.23. The van der Waals surface area contributed by atoms with Crippen LogP contribution in [0.1, 0.15) is 20.8 Å². The number of hydrogen-bond acceptors (Lipinski definition) is 7. The summed E-state index contributed by atoms with van der Waals surface area (Å²) in [7, 11) is -6.28. The van der Waals surface area contributed by atoms with Gasteiger partial charge in [-0.1, -0.05) is 0 Å². The molecule has 1 aromatic heterocycles. The lowest BCUT2D eigenvalue weighted by Gasteiger charge is -2.09. The van der Waals surface area contributed by atoms with Crippen LogP contribution in [0, 0.1) is 0 Å². The Balaban J connectivity index is 1.79. The summed E-state index contributed by atoms with van der Waals surface area (Å²) < 4.78 is 46.5. The second kappa shape index (κ2) is 8.51. The van der Waals surface area contributed by atoms with Gasteiger partial charge in [0.1, 0.15) is 5.69 Å². The van der Waals surface area contributed by atoms with Gasteiger partial charge in [-0.2, -0.15) is 5.10 Å². The van der Waals surface area contributed by atoms with Gasteiger partial charge >= 0.3 is 0 Å². The molecule has 0 spiro atoms. The Kier molecular flexibility index (Phi) is 6.13. The number of amides is 2. The lowest BCUT2D eigenvalue weighted by molar-refractivity contribution is 0.0985. The van der Waals surface area contributed by atoms with Crippen molar-refractivity contribution in [1.82, 2.24) is 9.78 Å². The number of aryl methyl sites for hydroxylation is 1. The van der Waals surface area contributed by atoms with Crippen LogP contribution in [0.3, 0.4) is 0 Å². The zero-order valence-electron chi connectivity index (χ0n) is 16.5. The van der Waals surface area contributed by atoms with Crippen LogP contribution in [0.5, 0.6) is 0 Å². The summed E-state index contributed by atoms with van der Waals surface area (Å²) in [4.78, 5) is 25.2. The summed E-state index contributed by atoms with van der Waals surface area (Å²) in [6.07, 6.45) is 1.20. The molecule has 0 bridgehead atoms. The first kappa shape index (κ1) is 23.1. The van der Waals surface area contributed by atoms with Crippen LogP contribution in [-0.2, 0) is 27.1 Å². The predicted molar refractivity (Wildman–Crippen MR) is 115 cm³/mol. The molecule has 3 rings (SSSR count). The molecule has 2 amide bonds. The van der Waals surface area contributed by atoms with Crippen LogP contribution in [0.4, 0.5) is 11.4 Å². The van der Waals surface area contributed by atoms with E-state index >= 15 is 0 Å². The van der Waals surface area contributed by atoms with Gasteiger partial charge in [0.25, 0.3) is 11.8 Å². The molecule has 2 aromatic carbocycles. The van der Waals surface area contributed by atoms with Crippen molar-refractivity contribution in [2.75, 3.05) is 10.6 Å². The van der Waals surface area contributed by atoms with Crippen molar-refractivity contribution >= 4 is 43.2 Å². The molecule has 12 nitrogen and oxygen atoms in total. The minimum Gasteiger partial charge on any atom is -0.322 e. The molecule has 0 unspecified atom stereocenters. The van der Waals surface area contributed by atoms with E-state index in [-0.39, 0.29) is 32.4 Å². The Hall–Kier alpha value is -3.59. The van der Waals surface area contributed by atoms with Crippen LogP contribution in [0.2, 0.25) is 0 Å². The zero-order chi connectivity index (χ0) is 23.7. The number of carbonyl (C=O) groups excluding carboxylic acids is 2. The van der Waals surface area contributed by atoms with Gasteiger partial charge in [-0.25, -0.2) is 27.1 Å². The number of nitrogens with zero attached hydrogens (tertiary/aromatic N) is 2. The van der Waals surface area contributed by atoms with Crippen LogP contribution in [0.15, 0.2) is 64.5 Å². The summed E-state index contributed by atoms with van der Waals surface area (Å²) in [5, 5.41) is 19.1. The normalized spacial score (nSPS) is 11.7. The van der Waals surface area contributed by atoms with E-state index in [1.54, 1.807) is 0 Å². The zero-order valence-corrected chi connectivity index (χ0v) is 18.1. The summed E-state index contributed by atoms with van der Waals surface area (Å²) in [6.45, 7) is 0. The Labute approximate surface area is 183 Å². The van der Waals surface area contributed by atoms with E-state index in [0.717, 1.165) is 0 Å². The topological polar surface area (TPSA) is 196 Å². The molecular formula is C18H18N6O6S2. The molecule has 0 radical (unpaired) electrons. The van der Waals surface area contributed by atoms with Crippen molar-refractivity contribution in [3.63, 3.8) is 0 Å². The van der Waals surface area contributed by atoms with E-state index in [4.69, 9.17) is 10.3 Å². The lowest BCUT2D eigenvalue weighted by Crippen LogP contribution is -2.22. The van der Waals surface area contributed by atoms with Crippen LogP contribution in [0.25, 0.3) is 0 Å². The number of aromatic nitrogens is 2. The maximum absolute atomic E-state index is 12.7. The molecule has 0 aliphatic carbocycles. The van der Waals surface area contributed by atoms with Crippen molar-refractivity contribution in [3.05, 3.63) is 66.0 Å². The minimum absolute atomic E-state index is 0.0401. The van der Waals surface area contributed by atoms with Crippen molar-refractivity contribution in [1.29, 1.82) is 0 Å². The lowest BCUT2D eigenvalue weighted by atomic mass is 10.2. The van der Waals surface area contributed by atoms with Crippen molar-refractivity contribution in [2.24, 2.45) is 17.3 Å². The molecule has 0 aliphatic heterocycles. The molecule has 0 saturated heterocycles. The first-order valence-electron chi connectivity index (χ1n) is 8.76. The second-order valence-electron chi connectivity index (χ2n) is 6.58. The molecule has 0 atom stereocenters. The quantitative estimate of drug-likeness (QED) is 0.388. The van der Waals surface area contributed by atoms with Gasteiger partial charge in [-0.3, -0.25) is 14.3 Å². The molecule has 0 fully saturated rings. The summed E-state index contributed by atoms with van der Waals surface area (Å²) >= 11 is 0. The SMILES string of the molecule is Cn1ncc(C(=O)Nc2ccc(S(N)(=O)=O)cc2)c1C(=O)Nc1ccc(S(N)(=O)=O)cc1. The van der Waals surface area contributed by atoms with Crippen LogP contribution in [-0.4, -0.2) is 38.4 Å². The number of benzene rings is 2. The number of rotatable bonds is 6. The molecule has 3 aromatic rings. The van der Waals surface area contributed by atoms with Gasteiger partial charge in [0.05, 0.1) is 21.6 Å². The fourth-order valence-electron chi connectivity index (χ4n) is 2.72. The first-order chi connectivity index (χ1) is 14.9. The average Bonchev–Trinajstić information content (AvgIpc) is 3.09. The van der Waals surface area contributed by atoms with Crippen LogP contribution < -0.4 is 20.9 Å². The van der Waals surface area contributed by atoms with Crippen molar-refractivity contribution in [2.45, 2.75) is 9.79 Å². The molecular weight excluding hydrogens is 460 g/mol. The first-order valence-corrected chi connectivity index (χ1v) is 11.9. The van der Waals surface area contributed by atoms with E-state index in [2.05, 4.69) is 15.7 Å². The molecule has 168 valence electrons. The number of nitrogens with one attached hydrogen (secondary N) is 2. The third-order valence-electron chi connectivity index (χ3n) is 4.28. The Morgan fingerprint density at radius 2 is 1.19 bits per heavy atom. The molecule has 0 saturated carbocycles. The number of nitrogens with two attached hydrogens (primary N) is 2. The maximum Gasteiger partial charge on any atom is 0.274 e. The van der Waals surface area contributed by atoms with E-state index in [1.165, 1.54) is 66.5 Å². The standard InChI is InChI=1S/C18H18N6O6S2/c1-24-16(18(26)23-12-4-8-14(9-5-12)32(20,29)30)15(10-21-24)17(25)22-11-2-6-13(7-3-11)31(19,27)28/h2-10H,1H3,(H,22,25)(H,23,26)(H2,19,27,28)(H2,20,29,30). The Bertz CT molecular complexity index is 1400. The third-order valence-corrected chi connectivity index (χ3v) is 6.14. The molecule has 0 aliphatic rings. The maximum atomic E-state index is 12.7. The fraction of sp³-hybridized carbons (Fsp3) is 0.0556. The van der Waals surface area contributed by atoms with Gasteiger partial charge in [0.2, 0.25) is 20.0 Å². The predicted octanol–water partition coefficient (Wildman–Crippen LogP) is 0.220. The van der Waals surface area contributed by atoms with E-state index in [1.807, 2.05) is 0 Å². The van der Waals surface area contributed by atoms with Gasteiger partial charge in [0.15, 0.2) is 0 Å². The van der Waals surface area contributed by atoms with Crippen molar-refractivity contribution < 1.29 is 26.4 Å². The van der Waals surface area contributed by atoms with Crippen molar-refractivity contribution in [3.8, 4) is 0 Å². The highest BCUT2D eigenvalue weighted by Crippen LogP contribution is 2.18. The highest BCUT2D eigenvalue weighted by molar-refractivity contribution is 7.89. The summed E-state index contributed by atoms with van der Waals surface area (Å²) in [5.74, 6) is -1.32. The van der Waals surface area contributed by atoms with E-state index in [0.29, 0.717) is 0 Å². The van der Waals surface area contributed by atoms with Gasteiger partial charge < -0.3 is 10.6 Å². The van der Waals surface area contributed by atoms with Gasteiger partial charge in [-0.05, 0) is 48.5 Å². The Morgan fingerprint density at radius 1 is 0.781 bits per heavy atom. The third kappa shape index (κ3) is 5.17. The van der Waals surface area contributed by atoms with Gasteiger partial charge in [-0.15, -0.1) is 0 Å². The number of primary sulfonamides is 2. The largest absolute Gasteiger partial charge is 0.322 e.